The monoisotopic (exact) mass is 204 g/mol. The van der Waals surface area contributed by atoms with E-state index in [0.717, 1.165) is 11.5 Å². The summed E-state index contributed by atoms with van der Waals surface area (Å²) in [6.07, 6.45) is 5.34. The van der Waals surface area contributed by atoms with Crippen LogP contribution in [-0.4, -0.2) is 21.9 Å². The van der Waals surface area contributed by atoms with Crippen molar-refractivity contribution < 1.29 is 9.53 Å². The fourth-order valence-corrected chi connectivity index (χ4v) is 1.70. The van der Waals surface area contributed by atoms with Crippen LogP contribution in [0.5, 0.6) is 0 Å². The number of rotatable bonds is 2. The van der Waals surface area contributed by atoms with E-state index in [1.54, 1.807) is 13.1 Å². The van der Waals surface area contributed by atoms with Crippen LogP contribution in [0.15, 0.2) is 12.3 Å². The highest BCUT2D eigenvalue weighted by atomic mass is 16.5. The Morgan fingerprint density at radius 1 is 1.53 bits per heavy atom. The lowest BCUT2D eigenvalue weighted by Gasteiger charge is -2.04. The molecule has 4 nitrogen and oxygen atoms in total. The molecule has 1 fully saturated rings. The molecule has 1 N–H and O–H groups in total. The van der Waals surface area contributed by atoms with Gasteiger partial charge in [0.05, 0.1) is 6.20 Å². The van der Waals surface area contributed by atoms with Gasteiger partial charge >= 0.3 is 0 Å². The molecule has 2 aliphatic rings. The van der Waals surface area contributed by atoms with Gasteiger partial charge in [0, 0.05) is 12.0 Å². The zero-order valence-electron chi connectivity index (χ0n) is 8.49. The van der Waals surface area contributed by atoms with Gasteiger partial charge < -0.3 is 9.72 Å². The first-order chi connectivity index (χ1) is 7.24. The predicted octanol–water partition coefficient (Wildman–Crippen LogP) is 1.62. The molecule has 0 bridgehead atoms. The number of nitrogens with zero attached hydrogens (tertiary/aromatic N) is 1. The van der Waals surface area contributed by atoms with Gasteiger partial charge in [-0.05, 0) is 19.8 Å². The number of aromatic amines is 1. The third-order valence-electron chi connectivity index (χ3n) is 2.80. The molecule has 15 heavy (non-hydrogen) atoms. The summed E-state index contributed by atoms with van der Waals surface area (Å²) >= 11 is 0. The zero-order chi connectivity index (χ0) is 10.4. The molecule has 0 saturated heterocycles. The summed E-state index contributed by atoms with van der Waals surface area (Å²) in [5.41, 5.74) is 0.814. The van der Waals surface area contributed by atoms with E-state index in [4.69, 9.17) is 4.74 Å². The largest absolute Gasteiger partial charge is 0.480 e. The van der Waals surface area contributed by atoms with Gasteiger partial charge in [-0.1, -0.05) is 0 Å². The minimum atomic E-state index is -0.354. The molecule has 0 amide bonds. The quantitative estimate of drug-likeness (QED) is 0.796. The molecule has 3 rings (SSSR count). The summed E-state index contributed by atoms with van der Waals surface area (Å²) in [6.45, 7) is 1.75. The Hall–Kier alpha value is -1.58. The lowest BCUT2D eigenvalue weighted by atomic mass is 10.2. The van der Waals surface area contributed by atoms with Gasteiger partial charge in [0.25, 0.3) is 0 Å². The van der Waals surface area contributed by atoms with E-state index in [-0.39, 0.29) is 11.9 Å². The van der Waals surface area contributed by atoms with Crippen molar-refractivity contribution in [3.63, 3.8) is 0 Å². The maximum absolute atomic E-state index is 11.3. The van der Waals surface area contributed by atoms with Gasteiger partial charge in [-0.25, -0.2) is 4.98 Å². The van der Waals surface area contributed by atoms with Crippen LogP contribution >= 0.6 is 0 Å². The van der Waals surface area contributed by atoms with E-state index < -0.39 is 0 Å². The molecule has 1 atom stereocenters. The van der Waals surface area contributed by atoms with Crippen molar-refractivity contribution in [3.05, 3.63) is 23.8 Å². The third kappa shape index (κ3) is 1.46. The van der Waals surface area contributed by atoms with Crippen LogP contribution < -0.4 is 0 Å². The van der Waals surface area contributed by atoms with E-state index in [1.807, 2.05) is 0 Å². The minimum absolute atomic E-state index is 0.0209. The number of hydrogen-bond donors (Lipinski definition) is 1. The maximum Gasteiger partial charge on any atom is 0.199 e. The molecule has 1 saturated carbocycles. The van der Waals surface area contributed by atoms with E-state index in [1.165, 1.54) is 18.9 Å². The summed E-state index contributed by atoms with van der Waals surface area (Å²) in [5, 5.41) is 0. The Bertz CT molecular complexity index is 443. The summed E-state index contributed by atoms with van der Waals surface area (Å²) < 4.78 is 5.41. The van der Waals surface area contributed by atoms with Gasteiger partial charge in [0.1, 0.15) is 17.3 Å². The first kappa shape index (κ1) is 8.71. The molecule has 1 unspecified atom stereocenters. The summed E-state index contributed by atoms with van der Waals surface area (Å²) in [4.78, 5) is 18.8. The summed E-state index contributed by atoms with van der Waals surface area (Å²) in [7, 11) is 0. The maximum atomic E-state index is 11.3. The van der Waals surface area contributed by atoms with Crippen LogP contribution in [0.3, 0.4) is 0 Å². The molecule has 0 radical (unpaired) electrons. The second-order valence-corrected chi connectivity index (χ2v) is 4.13. The molecule has 2 heterocycles. The Balaban J connectivity index is 1.86. The highest BCUT2D eigenvalue weighted by molar-refractivity contribution is 6.01. The summed E-state index contributed by atoms with van der Waals surface area (Å²) in [6, 6.07) is 0. The Morgan fingerprint density at radius 3 is 2.93 bits per heavy atom. The first-order valence-electron chi connectivity index (χ1n) is 5.21. The van der Waals surface area contributed by atoms with Crippen molar-refractivity contribution in [2.75, 3.05) is 0 Å². The average molecular weight is 204 g/mol. The van der Waals surface area contributed by atoms with E-state index in [9.17, 15) is 4.79 Å². The lowest BCUT2D eigenvalue weighted by molar-refractivity contribution is -0.119. The SMILES string of the molecule is CC1OC(c2cnc(C3CC3)[nH]2)=CC1=O. The van der Waals surface area contributed by atoms with Crippen molar-refractivity contribution >= 4 is 11.5 Å². The molecule has 1 aliphatic carbocycles. The van der Waals surface area contributed by atoms with Crippen LogP contribution in [0.4, 0.5) is 0 Å². The van der Waals surface area contributed by atoms with E-state index >= 15 is 0 Å². The number of ketones is 1. The fourth-order valence-electron chi connectivity index (χ4n) is 1.70. The van der Waals surface area contributed by atoms with E-state index in [2.05, 4.69) is 9.97 Å². The number of H-pyrrole nitrogens is 1. The Labute approximate surface area is 87.4 Å². The molecule has 0 aromatic carbocycles. The molecule has 4 heteroatoms. The molecule has 1 aromatic heterocycles. The second kappa shape index (κ2) is 2.95. The highest BCUT2D eigenvalue weighted by Gasteiger charge is 2.29. The van der Waals surface area contributed by atoms with Crippen molar-refractivity contribution in [1.82, 2.24) is 9.97 Å². The van der Waals surface area contributed by atoms with Crippen molar-refractivity contribution in [2.24, 2.45) is 0 Å². The number of ether oxygens (including phenoxy) is 1. The van der Waals surface area contributed by atoms with E-state index in [0.29, 0.717) is 11.7 Å². The average Bonchev–Trinajstić information content (AvgIpc) is 2.85. The van der Waals surface area contributed by atoms with Crippen molar-refractivity contribution in [3.8, 4) is 0 Å². The van der Waals surface area contributed by atoms with Crippen molar-refractivity contribution in [2.45, 2.75) is 31.8 Å². The standard InChI is InChI=1S/C11H12N2O2/c1-6-9(14)4-10(15-6)8-5-12-11(13-8)7-2-3-7/h4-7H,2-3H2,1H3,(H,12,13). The topological polar surface area (TPSA) is 55.0 Å². The van der Waals surface area contributed by atoms with Crippen LogP contribution in [0, 0.1) is 0 Å². The Kier molecular flexibility index (Phi) is 1.71. The van der Waals surface area contributed by atoms with Crippen LogP contribution in [0.1, 0.15) is 37.2 Å². The van der Waals surface area contributed by atoms with Crippen molar-refractivity contribution in [1.29, 1.82) is 0 Å². The normalized spacial score (nSPS) is 25.3. The van der Waals surface area contributed by atoms with Gasteiger partial charge in [-0.3, -0.25) is 4.79 Å². The number of carbonyl (C=O) groups is 1. The zero-order valence-corrected chi connectivity index (χ0v) is 8.49. The number of aromatic nitrogens is 2. The second-order valence-electron chi connectivity index (χ2n) is 4.13. The van der Waals surface area contributed by atoms with Gasteiger partial charge in [-0.15, -0.1) is 0 Å². The number of hydrogen-bond acceptors (Lipinski definition) is 3. The first-order valence-corrected chi connectivity index (χ1v) is 5.21. The van der Waals surface area contributed by atoms with Gasteiger partial charge in [-0.2, -0.15) is 0 Å². The third-order valence-corrected chi connectivity index (χ3v) is 2.80. The fraction of sp³-hybridized carbons (Fsp3) is 0.455. The van der Waals surface area contributed by atoms with Gasteiger partial charge in [0.2, 0.25) is 0 Å². The van der Waals surface area contributed by atoms with Crippen LogP contribution in [0.2, 0.25) is 0 Å². The smallest absolute Gasteiger partial charge is 0.199 e. The minimum Gasteiger partial charge on any atom is -0.480 e. The summed E-state index contributed by atoms with van der Waals surface area (Å²) in [5.74, 6) is 2.25. The number of imidazole rings is 1. The van der Waals surface area contributed by atoms with Crippen LogP contribution in [0.25, 0.3) is 5.76 Å². The van der Waals surface area contributed by atoms with Crippen LogP contribution in [-0.2, 0) is 9.53 Å². The van der Waals surface area contributed by atoms with Gasteiger partial charge in [0.15, 0.2) is 11.9 Å². The number of carbonyl (C=O) groups excluding carboxylic acids is 1. The Morgan fingerprint density at radius 2 is 2.33 bits per heavy atom. The molecule has 1 aliphatic heterocycles. The molecular weight excluding hydrogens is 192 g/mol. The number of nitrogens with one attached hydrogen (secondary N) is 1. The molecule has 0 spiro atoms. The predicted molar refractivity (Wildman–Crippen MR) is 54.1 cm³/mol. The lowest BCUT2D eigenvalue weighted by Crippen LogP contribution is -2.09. The molecule has 1 aromatic rings. The molecular formula is C11H12N2O2. The molecule has 78 valence electrons. The highest BCUT2D eigenvalue weighted by Crippen LogP contribution is 2.38.